The second-order valence-corrected chi connectivity index (χ2v) is 9.81. The van der Waals surface area contributed by atoms with Crippen LogP contribution in [0, 0.1) is 11.8 Å². The van der Waals surface area contributed by atoms with Gasteiger partial charge in [0, 0.05) is 31.4 Å². The standard InChI is InChI=1S/C18H22F4S3/c1-9(2)15(13-5-11(7-23-13)17(19)20)25-16(10(3)4)14-6-12(8-24-14)18(21)22/h5-10,15-18H,1-4H3. The zero-order chi connectivity index (χ0) is 18.7. The van der Waals surface area contributed by atoms with Gasteiger partial charge in [-0.2, -0.15) is 0 Å². The van der Waals surface area contributed by atoms with Crippen molar-refractivity contribution in [2.45, 2.75) is 51.0 Å². The second kappa shape index (κ2) is 8.91. The fourth-order valence-electron chi connectivity index (χ4n) is 2.53. The van der Waals surface area contributed by atoms with Crippen molar-refractivity contribution in [3.63, 3.8) is 0 Å². The van der Waals surface area contributed by atoms with Gasteiger partial charge in [-0.1, -0.05) is 27.7 Å². The van der Waals surface area contributed by atoms with Gasteiger partial charge in [0.15, 0.2) is 0 Å². The Hall–Kier alpha value is -0.530. The van der Waals surface area contributed by atoms with Gasteiger partial charge in [0.1, 0.15) is 0 Å². The third-order valence-electron chi connectivity index (χ3n) is 3.85. The quantitative estimate of drug-likeness (QED) is 0.393. The first-order valence-electron chi connectivity index (χ1n) is 8.09. The highest BCUT2D eigenvalue weighted by atomic mass is 32.2. The van der Waals surface area contributed by atoms with Crippen LogP contribution in [-0.4, -0.2) is 0 Å². The molecule has 0 fully saturated rings. The van der Waals surface area contributed by atoms with Crippen LogP contribution in [0.2, 0.25) is 0 Å². The van der Waals surface area contributed by atoms with E-state index in [-0.39, 0.29) is 33.5 Å². The summed E-state index contributed by atoms with van der Waals surface area (Å²) in [5.74, 6) is 0.509. The molecule has 2 heterocycles. The van der Waals surface area contributed by atoms with E-state index < -0.39 is 12.9 Å². The molecule has 0 aliphatic rings. The lowest BCUT2D eigenvalue weighted by atomic mass is 10.1. The molecule has 140 valence electrons. The van der Waals surface area contributed by atoms with E-state index in [9.17, 15) is 17.6 Å². The summed E-state index contributed by atoms with van der Waals surface area (Å²) in [5, 5.41) is 3.14. The molecule has 0 saturated heterocycles. The van der Waals surface area contributed by atoms with Crippen LogP contribution < -0.4 is 0 Å². The van der Waals surface area contributed by atoms with Gasteiger partial charge in [0.05, 0.1) is 0 Å². The molecule has 2 atom stereocenters. The van der Waals surface area contributed by atoms with E-state index in [4.69, 9.17) is 0 Å². The summed E-state index contributed by atoms with van der Waals surface area (Å²) < 4.78 is 51.6. The van der Waals surface area contributed by atoms with E-state index in [2.05, 4.69) is 27.7 Å². The van der Waals surface area contributed by atoms with E-state index in [1.807, 2.05) is 0 Å². The van der Waals surface area contributed by atoms with Gasteiger partial charge < -0.3 is 0 Å². The Morgan fingerprint density at radius 2 is 1.08 bits per heavy atom. The SMILES string of the molecule is CC(C)C(SC(c1cc(C(F)F)cs1)C(C)C)c1cc(C(F)F)cs1. The van der Waals surface area contributed by atoms with Crippen LogP contribution in [0.1, 0.15) is 71.9 Å². The normalized spacial score (nSPS) is 14.9. The molecule has 2 unspecified atom stereocenters. The summed E-state index contributed by atoms with van der Waals surface area (Å²) in [6.07, 6.45) is -4.93. The Morgan fingerprint density at radius 1 is 0.720 bits per heavy atom. The monoisotopic (exact) mass is 410 g/mol. The van der Waals surface area contributed by atoms with Gasteiger partial charge in [0.2, 0.25) is 0 Å². The van der Waals surface area contributed by atoms with Crippen LogP contribution in [-0.2, 0) is 0 Å². The first-order chi connectivity index (χ1) is 11.7. The molecule has 2 aromatic rings. The summed E-state index contributed by atoms with van der Waals surface area (Å²) in [6, 6.07) is 3.17. The summed E-state index contributed by atoms with van der Waals surface area (Å²) in [7, 11) is 0. The minimum absolute atomic E-state index is 0.0574. The van der Waals surface area contributed by atoms with Crippen molar-refractivity contribution in [2.24, 2.45) is 11.8 Å². The molecule has 7 heteroatoms. The lowest BCUT2D eigenvalue weighted by molar-refractivity contribution is 0.151. The van der Waals surface area contributed by atoms with Crippen molar-refractivity contribution in [2.75, 3.05) is 0 Å². The van der Waals surface area contributed by atoms with Crippen LogP contribution in [0.15, 0.2) is 22.9 Å². The summed E-state index contributed by atoms with van der Waals surface area (Å²) in [4.78, 5) is 1.85. The van der Waals surface area contributed by atoms with Gasteiger partial charge in [-0.3, -0.25) is 0 Å². The Morgan fingerprint density at radius 3 is 1.32 bits per heavy atom. The van der Waals surface area contributed by atoms with E-state index in [0.717, 1.165) is 9.75 Å². The van der Waals surface area contributed by atoms with Crippen molar-refractivity contribution < 1.29 is 17.6 Å². The minimum Gasteiger partial charge on any atom is -0.205 e. The maximum absolute atomic E-state index is 12.9. The highest BCUT2D eigenvalue weighted by Gasteiger charge is 2.28. The molecule has 2 aromatic heterocycles. The molecule has 0 aliphatic carbocycles. The smallest absolute Gasteiger partial charge is 0.205 e. The third kappa shape index (κ3) is 5.23. The van der Waals surface area contributed by atoms with Gasteiger partial charge in [-0.15, -0.1) is 34.4 Å². The van der Waals surface area contributed by atoms with Crippen LogP contribution >= 0.6 is 34.4 Å². The average Bonchev–Trinajstić information content (AvgIpc) is 3.16. The minimum atomic E-state index is -2.46. The number of alkyl halides is 4. The van der Waals surface area contributed by atoms with E-state index in [0.29, 0.717) is 0 Å². The number of thiophene rings is 2. The van der Waals surface area contributed by atoms with Crippen molar-refractivity contribution >= 4 is 34.4 Å². The lowest BCUT2D eigenvalue weighted by Crippen LogP contribution is -2.08. The lowest BCUT2D eigenvalue weighted by Gasteiger charge is -2.27. The van der Waals surface area contributed by atoms with Crippen molar-refractivity contribution in [3.05, 3.63) is 43.8 Å². The molecule has 0 saturated carbocycles. The fourth-order valence-corrected chi connectivity index (χ4v) is 6.65. The number of thioether (sulfide) groups is 1. The predicted molar refractivity (Wildman–Crippen MR) is 101 cm³/mol. The first-order valence-corrected chi connectivity index (χ1v) is 10.8. The molecule has 0 nitrogen and oxygen atoms in total. The number of halogens is 4. The van der Waals surface area contributed by atoms with Crippen molar-refractivity contribution in [3.8, 4) is 0 Å². The van der Waals surface area contributed by atoms with Crippen molar-refractivity contribution in [1.29, 1.82) is 0 Å². The summed E-state index contributed by atoms with van der Waals surface area (Å²) in [6.45, 7) is 8.26. The van der Waals surface area contributed by atoms with Crippen LogP contribution in [0.25, 0.3) is 0 Å². The topological polar surface area (TPSA) is 0 Å². The molecule has 25 heavy (non-hydrogen) atoms. The van der Waals surface area contributed by atoms with E-state index in [1.165, 1.54) is 33.4 Å². The van der Waals surface area contributed by atoms with E-state index in [1.54, 1.807) is 23.9 Å². The zero-order valence-corrected chi connectivity index (χ0v) is 17.0. The van der Waals surface area contributed by atoms with Crippen molar-refractivity contribution in [1.82, 2.24) is 0 Å². The molecule has 0 N–H and O–H groups in total. The fraction of sp³-hybridized carbons (Fsp3) is 0.556. The molecule has 0 aliphatic heterocycles. The molecule has 0 bridgehead atoms. The van der Waals surface area contributed by atoms with Crippen LogP contribution in [0.5, 0.6) is 0 Å². The average molecular weight is 411 g/mol. The Kier molecular flexibility index (Phi) is 7.40. The van der Waals surface area contributed by atoms with Gasteiger partial charge in [0.25, 0.3) is 12.9 Å². The number of hydrogen-bond acceptors (Lipinski definition) is 3. The predicted octanol–water partition coefficient (Wildman–Crippen LogP) is 8.51. The van der Waals surface area contributed by atoms with E-state index >= 15 is 0 Å². The Balaban J connectivity index is 2.26. The van der Waals surface area contributed by atoms with Crippen LogP contribution in [0.4, 0.5) is 17.6 Å². The summed E-state index contributed by atoms with van der Waals surface area (Å²) >= 11 is 4.41. The third-order valence-corrected chi connectivity index (χ3v) is 8.40. The first kappa shape index (κ1) is 20.8. The maximum atomic E-state index is 12.9. The highest BCUT2D eigenvalue weighted by molar-refractivity contribution is 8.00. The molecule has 0 aromatic carbocycles. The van der Waals surface area contributed by atoms with Gasteiger partial charge in [-0.05, 0) is 34.7 Å². The Labute approximate surface area is 158 Å². The highest BCUT2D eigenvalue weighted by Crippen LogP contribution is 2.51. The number of hydrogen-bond donors (Lipinski definition) is 0. The zero-order valence-electron chi connectivity index (χ0n) is 14.5. The Bertz CT molecular complexity index is 605. The molecule has 2 rings (SSSR count). The second-order valence-electron chi connectivity index (χ2n) is 6.63. The molecule has 0 amide bonds. The van der Waals surface area contributed by atoms with Gasteiger partial charge in [-0.25, -0.2) is 17.6 Å². The molecular weight excluding hydrogens is 388 g/mol. The molecule has 0 radical (unpaired) electrons. The molecule has 0 spiro atoms. The number of rotatable bonds is 8. The largest absolute Gasteiger partial charge is 0.264 e. The maximum Gasteiger partial charge on any atom is 0.264 e. The molecular formula is C18H22F4S3. The summed E-state index contributed by atoms with van der Waals surface area (Å²) in [5.41, 5.74) is 0.118. The van der Waals surface area contributed by atoms with Gasteiger partial charge >= 0.3 is 0 Å². The van der Waals surface area contributed by atoms with Crippen LogP contribution in [0.3, 0.4) is 0 Å².